The molecule has 5 nitrogen and oxygen atoms in total. The number of sulfonamides is 1. The van der Waals surface area contributed by atoms with Crippen molar-refractivity contribution in [1.82, 2.24) is 4.72 Å². The molecular weight excluding hydrogens is 274 g/mol. The first kappa shape index (κ1) is 16.1. The van der Waals surface area contributed by atoms with Gasteiger partial charge in [-0.2, -0.15) is 0 Å². The number of halogens is 1. The zero-order valence-electron chi connectivity index (χ0n) is 9.44. The highest BCUT2D eigenvalue weighted by molar-refractivity contribution is 7.93. The molecule has 1 unspecified atom stereocenters. The van der Waals surface area contributed by atoms with E-state index in [2.05, 4.69) is 4.72 Å². The Hall–Kier alpha value is 0.150. The van der Waals surface area contributed by atoms with E-state index < -0.39 is 25.6 Å². The lowest BCUT2D eigenvalue weighted by Crippen LogP contribution is -2.36. The van der Waals surface area contributed by atoms with Crippen LogP contribution in [0.5, 0.6) is 0 Å². The van der Waals surface area contributed by atoms with Gasteiger partial charge >= 0.3 is 0 Å². The van der Waals surface area contributed by atoms with Crippen LogP contribution < -0.4 is 4.72 Å². The first-order chi connectivity index (χ1) is 7.16. The van der Waals surface area contributed by atoms with Crippen molar-refractivity contribution in [3.63, 3.8) is 0 Å². The summed E-state index contributed by atoms with van der Waals surface area (Å²) < 4.78 is 46.9. The Kier molecular flexibility index (Phi) is 6.84. The molecular formula is C8H18ClNO4S2. The molecule has 0 rings (SSSR count). The SMILES string of the molecule is CC(CCCCl)NS(=O)(=O)CCS(C)(=O)=O. The van der Waals surface area contributed by atoms with Gasteiger partial charge in [0, 0.05) is 18.2 Å². The fraction of sp³-hybridized carbons (Fsp3) is 1.00. The van der Waals surface area contributed by atoms with E-state index in [1.54, 1.807) is 6.92 Å². The fourth-order valence-electron chi connectivity index (χ4n) is 1.07. The van der Waals surface area contributed by atoms with Gasteiger partial charge in [0.2, 0.25) is 10.0 Å². The summed E-state index contributed by atoms with van der Waals surface area (Å²) in [6, 6.07) is -0.219. The highest BCUT2D eigenvalue weighted by Gasteiger charge is 2.16. The third-order valence-corrected chi connectivity index (χ3v) is 4.85. The fourth-order valence-corrected chi connectivity index (χ4v) is 4.16. The minimum absolute atomic E-state index is 0.219. The van der Waals surface area contributed by atoms with Gasteiger partial charge in [0.05, 0.1) is 11.5 Å². The average Bonchev–Trinajstić information content (AvgIpc) is 2.10. The van der Waals surface area contributed by atoms with E-state index in [0.717, 1.165) is 12.7 Å². The van der Waals surface area contributed by atoms with Crippen molar-refractivity contribution in [2.24, 2.45) is 0 Å². The van der Waals surface area contributed by atoms with Crippen LogP contribution in [0.2, 0.25) is 0 Å². The minimum Gasteiger partial charge on any atom is -0.229 e. The van der Waals surface area contributed by atoms with E-state index in [9.17, 15) is 16.8 Å². The molecule has 16 heavy (non-hydrogen) atoms. The maximum Gasteiger partial charge on any atom is 0.212 e. The predicted octanol–water partition coefficient (Wildman–Crippen LogP) is 0.358. The van der Waals surface area contributed by atoms with Gasteiger partial charge in [0.15, 0.2) is 0 Å². The molecule has 0 fully saturated rings. The molecule has 0 heterocycles. The zero-order chi connectivity index (χ0) is 12.8. The molecule has 0 spiro atoms. The number of sulfone groups is 1. The van der Waals surface area contributed by atoms with Gasteiger partial charge in [-0.1, -0.05) is 0 Å². The molecule has 1 N–H and O–H groups in total. The van der Waals surface area contributed by atoms with E-state index in [-0.39, 0.29) is 11.8 Å². The minimum atomic E-state index is -3.52. The van der Waals surface area contributed by atoms with Crippen molar-refractivity contribution < 1.29 is 16.8 Å². The van der Waals surface area contributed by atoms with Crippen LogP contribution >= 0.6 is 11.6 Å². The van der Waals surface area contributed by atoms with Crippen LogP contribution in [0.15, 0.2) is 0 Å². The number of hydrogen-bond acceptors (Lipinski definition) is 4. The summed E-state index contributed by atoms with van der Waals surface area (Å²) in [7, 11) is -6.77. The first-order valence-electron chi connectivity index (χ1n) is 4.90. The second-order valence-electron chi connectivity index (χ2n) is 3.80. The van der Waals surface area contributed by atoms with Crippen molar-refractivity contribution in [3.8, 4) is 0 Å². The average molecular weight is 292 g/mol. The van der Waals surface area contributed by atoms with Crippen molar-refractivity contribution in [1.29, 1.82) is 0 Å². The van der Waals surface area contributed by atoms with Crippen LogP contribution in [-0.2, 0) is 19.9 Å². The van der Waals surface area contributed by atoms with Gasteiger partial charge in [-0.15, -0.1) is 11.6 Å². The largest absolute Gasteiger partial charge is 0.229 e. The quantitative estimate of drug-likeness (QED) is 0.655. The van der Waals surface area contributed by atoms with Crippen molar-refractivity contribution in [2.75, 3.05) is 23.6 Å². The Morgan fingerprint density at radius 2 is 1.75 bits per heavy atom. The molecule has 0 aliphatic rings. The summed E-state index contributed by atoms with van der Waals surface area (Å²) in [5.74, 6) is -0.267. The summed E-state index contributed by atoms with van der Waals surface area (Å²) in [6.07, 6.45) is 2.37. The zero-order valence-corrected chi connectivity index (χ0v) is 11.8. The summed E-state index contributed by atoms with van der Waals surface area (Å²) in [6.45, 7) is 1.73. The van der Waals surface area contributed by atoms with Gasteiger partial charge in [0.25, 0.3) is 0 Å². The van der Waals surface area contributed by atoms with E-state index in [1.807, 2.05) is 0 Å². The smallest absolute Gasteiger partial charge is 0.212 e. The molecule has 0 aromatic heterocycles. The van der Waals surface area contributed by atoms with Crippen LogP contribution in [-0.4, -0.2) is 46.5 Å². The lowest BCUT2D eigenvalue weighted by molar-refractivity contribution is 0.544. The Morgan fingerprint density at radius 3 is 2.19 bits per heavy atom. The molecule has 8 heteroatoms. The molecule has 1 atom stereocenters. The van der Waals surface area contributed by atoms with Crippen LogP contribution in [0, 0.1) is 0 Å². The molecule has 0 aromatic carbocycles. The van der Waals surface area contributed by atoms with E-state index in [1.165, 1.54) is 0 Å². The molecule has 0 bridgehead atoms. The van der Waals surface area contributed by atoms with Crippen molar-refractivity contribution >= 4 is 31.5 Å². The van der Waals surface area contributed by atoms with Crippen LogP contribution in [0.1, 0.15) is 19.8 Å². The number of nitrogens with one attached hydrogen (secondary N) is 1. The third-order valence-electron chi connectivity index (χ3n) is 1.87. The highest BCUT2D eigenvalue weighted by atomic mass is 35.5. The first-order valence-corrected chi connectivity index (χ1v) is 9.15. The number of alkyl halides is 1. The predicted molar refractivity (Wildman–Crippen MR) is 66.0 cm³/mol. The maximum absolute atomic E-state index is 11.4. The molecule has 0 aromatic rings. The van der Waals surface area contributed by atoms with Crippen molar-refractivity contribution in [3.05, 3.63) is 0 Å². The Labute approximate surface area is 103 Å². The monoisotopic (exact) mass is 291 g/mol. The van der Waals surface area contributed by atoms with Gasteiger partial charge in [-0.05, 0) is 19.8 Å². The van der Waals surface area contributed by atoms with Crippen LogP contribution in [0.4, 0.5) is 0 Å². The van der Waals surface area contributed by atoms with E-state index in [0.29, 0.717) is 12.3 Å². The summed E-state index contributed by atoms with van der Waals surface area (Å²) in [5.41, 5.74) is 0. The Bertz CT molecular complexity index is 390. The van der Waals surface area contributed by atoms with Crippen molar-refractivity contribution in [2.45, 2.75) is 25.8 Å². The normalized spacial score (nSPS) is 14.9. The molecule has 0 saturated heterocycles. The molecule has 0 aliphatic heterocycles. The maximum atomic E-state index is 11.4. The van der Waals surface area contributed by atoms with Crippen LogP contribution in [0.25, 0.3) is 0 Å². The molecule has 0 amide bonds. The summed E-state index contributed by atoms with van der Waals surface area (Å²) in [5, 5.41) is 0. The number of rotatable bonds is 8. The second-order valence-corrected chi connectivity index (χ2v) is 8.31. The molecule has 0 saturated carbocycles. The standard InChI is InChI=1S/C8H18ClNO4S2/c1-8(4-3-5-9)10-16(13,14)7-6-15(2,11)12/h8,10H,3-7H2,1-2H3. The summed E-state index contributed by atoms with van der Waals surface area (Å²) in [4.78, 5) is 0. The van der Waals surface area contributed by atoms with Gasteiger partial charge < -0.3 is 0 Å². The molecule has 98 valence electrons. The third kappa shape index (κ3) is 9.38. The lowest BCUT2D eigenvalue weighted by Gasteiger charge is -2.13. The van der Waals surface area contributed by atoms with Gasteiger partial charge in [0.1, 0.15) is 9.84 Å². The lowest BCUT2D eigenvalue weighted by atomic mass is 10.2. The van der Waals surface area contributed by atoms with E-state index in [4.69, 9.17) is 11.6 Å². The molecule has 0 radical (unpaired) electrons. The highest BCUT2D eigenvalue weighted by Crippen LogP contribution is 2.00. The second kappa shape index (κ2) is 6.78. The van der Waals surface area contributed by atoms with Gasteiger partial charge in [-0.3, -0.25) is 0 Å². The Morgan fingerprint density at radius 1 is 1.19 bits per heavy atom. The Balaban J connectivity index is 4.15. The topological polar surface area (TPSA) is 80.3 Å². The van der Waals surface area contributed by atoms with E-state index >= 15 is 0 Å². The number of hydrogen-bond donors (Lipinski definition) is 1. The summed E-state index contributed by atoms with van der Waals surface area (Å²) >= 11 is 5.48. The molecule has 0 aliphatic carbocycles. The van der Waals surface area contributed by atoms with Crippen LogP contribution in [0.3, 0.4) is 0 Å². The van der Waals surface area contributed by atoms with Gasteiger partial charge in [-0.25, -0.2) is 21.6 Å².